The van der Waals surface area contributed by atoms with E-state index in [-0.39, 0.29) is 0 Å². The van der Waals surface area contributed by atoms with E-state index in [2.05, 4.69) is 33.3 Å². The number of rotatable bonds is 4. The molecular formula is C14H17BrN4S. The molecule has 0 aliphatic carbocycles. The predicted octanol–water partition coefficient (Wildman–Crippen LogP) is 3.05. The van der Waals surface area contributed by atoms with Crippen molar-refractivity contribution in [3.63, 3.8) is 0 Å². The summed E-state index contributed by atoms with van der Waals surface area (Å²) in [6, 6.07) is 5.86. The van der Waals surface area contributed by atoms with Gasteiger partial charge in [-0.3, -0.25) is 4.68 Å². The molecule has 1 heterocycles. The van der Waals surface area contributed by atoms with E-state index in [9.17, 15) is 0 Å². The molecule has 0 aliphatic heterocycles. The summed E-state index contributed by atoms with van der Waals surface area (Å²) in [5.74, 6) is 0. The third-order valence-electron chi connectivity index (χ3n) is 3.37. The second-order valence-electron chi connectivity index (χ2n) is 4.65. The molecular weight excluding hydrogens is 336 g/mol. The summed E-state index contributed by atoms with van der Waals surface area (Å²) in [6.45, 7) is 4.77. The van der Waals surface area contributed by atoms with Crippen LogP contribution in [0, 0.1) is 13.8 Å². The Morgan fingerprint density at radius 1 is 1.45 bits per heavy atom. The summed E-state index contributed by atoms with van der Waals surface area (Å²) in [4.78, 5) is 0.375. The lowest BCUT2D eigenvalue weighted by molar-refractivity contribution is 0.730. The number of halogens is 1. The number of nitrogens with one attached hydrogen (secondary N) is 1. The Bertz CT molecular complexity index is 663. The summed E-state index contributed by atoms with van der Waals surface area (Å²) in [5.41, 5.74) is 10.9. The van der Waals surface area contributed by atoms with Gasteiger partial charge in [-0.15, -0.1) is 0 Å². The Balaban J connectivity index is 2.28. The molecule has 0 fully saturated rings. The van der Waals surface area contributed by atoms with E-state index in [4.69, 9.17) is 18.0 Å². The van der Waals surface area contributed by atoms with Crippen LogP contribution >= 0.6 is 28.1 Å². The van der Waals surface area contributed by atoms with Gasteiger partial charge in [-0.25, -0.2) is 0 Å². The molecule has 2 aromatic rings. The minimum absolute atomic E-state index is 0.375. The molecule has 2 rings (SSSR count). The van der Waals surface area contributed by atoms with Gasteiger partial charge in [-0.1, -0.05) is 18.3 Å². The van der Waals surface area contributed by atoms with Crippen molar-refractivity contribution < 1.29 is 0 Å². The molecule has 4 nitrogen and oxygen atoms in total. The number of anilines is 1. The molecule has 6 heteroatoms. The molecule has 3 N–H and O–H groups in total. The quantitative estimate of drug-likeness (QED) is 0.830. The van der Waals surface area contributed by atoms with Crippen molar-refractivity contribution in [1.82, 2.24) is 9.78 Å². The van der Waals surface area contributed by atoms with Crippen molar-refractivity contribution in [3.05, 3.63) is 45.2 Å². The van der Waals surface area contributed by atoms with Crippen LogP contribution in [0.1, 0.15) is 22.5 Å². The van der Waals surface area contributed by atoms with E-state index in [0.29, 0.717) is 11.5 Å². The molecule has 0 spiro atoms. The number of aryl methyl sites for hydroxylation is 2. The van der Waals surface area contributed by atoms with Gasteiger partial charge in [0.25, 0.3) is 0 Å². The largest absolute Gasteiger partial charge is 0.389 e. The third-order valence-corrected chi connectivity index (χ3v) is 4.24. The number of benzene rings is 1. The van der Waals surface area contributed by atoms with Crippen molar-refractivity contribution in [2.24, 2.45) is 12.8 Å². The van der Waals surface area contributed by atoms with Crippen LogP contribution in [-0.2, 0) is 13.6 Å². The average molecular weight is 353 g/mol. The number of aromatic nitrogens is 2. The van der Waals surface area contributed by atoms with Crippen molar-refractivity contribution >= 4 is 38.8 Å². The van der Waals surface area contributed by atoms with Crippen LogP contribution in [-0.4, -0.2) is 14.8 Å². The predicted molar refractivity (Wildman–Crippen MR) is 90.0 cm³/mol. The van der Waals surface area contributed by atoms with E-state index >= 15 is 0 Å². The summed E-state index contributed by atoms with van der Waals surface area (Å²) in [7, 11) is 1.95. The van der Waals surface area contributed by atoms with Crippen LogP contribution in [0.5, 0.6) is 0 Å². The fraction of sp³-hybridized carbons (Fsp3) is 0.286. The number of thiocarbonyl (C=S) groups is 1. The first-order valence-electron chi connectivity index (χ1n) is 6.23. The summed E-state index contributed by atoms with van der Waals surface area (Å²) >= 11 is 8.60. The molecule has 0 aliphatic rings. The second-order valence-corrected chi connectivity index (χ2v) is 5.95. The molecule has 1 aromatic carbocycles. The second kappa shape index (κ2) is 5.93. The molecule has 0 atom stereocenters. The van der Waals surface area contributed by atoms with Crippen LogP contribution in [0.15, 0.2) is 22.7 Å². The summed E-state index contributed by atoms with van der Waals surface area (Å²) in [5, 5.41) is 7.81. The zero-order valence-corrected chi connectivity index (χ0v) is 14.1. The Hall–Kier alpha value is -1.40. The molecule has 0 saturated carbocycles. The van der Waals surface area contributed by atoms with Crippen molar-refractivity contribution in [1.29, 1.82) is 0 Å². The first kappa shape index (κ1) is 15.0. The number of hydrogen-bond donors (Lipinski definition) is 2. The Morgan fingerprint density at radius 2 is 2.15 bits per heavy atom. The van der Waals surface area contributed by atoms with Crippen LogP contribution in [0.2, 0.25) is 0 Å². The van der Waals surface area contributed by atoms with Gasteiger partial charge in [0.05, 0.1) is 5.69 Å². The van der Waals surface area contributed by atoms with E-state index in [1.165, 1.54) is 5.56 Å². The van der Waals surface area contributed by atoms with Crippen LogP contribution in [0.25, 0.3) is 0 Å². The normalized spacial score (nSPS) is 10.6. The highest BCUT2D eigenvalue weighted by Crippen LogP contribution is 2.25. The van der Waals surface area contributed by atoms with Gasteiger partial charge in [0.2, 0.25) is 0 Å². The van der Waals surface area contributed by atoms with E-state index in [0.717, 1.165) is 27.1 Å². The maximum Gasteiger partial charge on any atom is 0.107 e. The fourth-order valence-corrected chi connectivity index (χ4v) is 3.11. The summed E-state index contributed by atoms with van der Waals surface area (Å²) < 4.78 is 2.79. The van der Waals surface area contributed by atoms with Crippen LogP contribution in [0.3, 0.4) is 0 Å². The Kier molecular flexibility index (Phi) is 4.45. The molecule has 0 amide bonds. The lowest BCUT2D eigenvalue weighted by Gasteiger charge is -2.13. The van der Waals surface area contributed by atoms with Gasteiger partial charge in [-0.05, 0) is 41.9 Å². The molecule has 0 bridgehead atoms. The molecule has 0 radical (unpaired) electrons. The van der Waals surface area contributed by atoms with E-state index < -0.39 is 0 Å². The van der Waals surface area contributed by atoms with Crippen LogP contribution in [0.4, 0.5) is 5.69 Å². The Labute approximate surface area is 132 Å². The summed E-state index contributed by atoms with van der Waals surface area (Å²) in [6.07, 6.45) is 0. The van der Waals surface area contributed by atoms with E-state index in [1.54, 1.807) is 0 Å². The Morgan fingerprint density at radius 3 is 2.70 bits per heavy atom. The molecule has 1 aromatic heterocycles. The zero-order chi connectivity index (χ0) is 14.9. The third kappa shape index (κ3) is 2.86. The highest BCUT2D eigenvalue weighted by molar-refractivity contribution is 9.10. The zero-order valence-electron chi connectivity index (χ0n) is 11.7. The highest BCUT2D eigenvalue weighted by atomic mass is 79.9. The number of nitrogens with zero attached hydrogens (tertiary/aromatic N) is 2. The minimum Gasteiger partial charge on any atom is -0.389 e. The fourth-order valence-electron chi connectivity index (χ4n) is 2.18. The first-order chi connectivity index (χ1) is 9.41. The maximum absolute atomic E-state index is 5.79. The monoisotopic (exact) mass is 352 g/mol. The van der Waals surface area contributed by atoms with Crippen molar-refractivity contribution in [2.45, 2.75) is 20.4 Å². The molecule has 20 heavy (non-hydrogen) atoms. The molecule has 0 saturated heterocycles. The topological polar surface area (TPSA) is 55.9 Å². The lowest BCUT2D eigenvalue weighted by atomic mass is 10.1. The van der Waals surface area contributed by atoms with Gasteiger partial charge >= 0.3 is 0 Å². The van der Waals surface area contributed by atoms with Gasteiger partial charge in [0.1, 0.15) is 4.99 Å². The molecule has 0 unspecified atom stereocenters. The first-order valence-corrected chi connectivity index (χ1v) is 7.43. The lowest BCUT2D eigenvalue weighted by Crippen LogP contribution is -2.14. The van der Waals surface area contributed by atoms with Crippen molar-refractivity contribution in [2.75, 3.05) is 5.32 Å². The average Bonchev–Trinajstić information content (AvgIpc) is 2.61. The van der Waals surface area contributed by atoms with Gasteiger partial charge < -0.3 is 11.1 Å². The minimum atomic E-state index is 0.375. The highest BCUT2D eigenvalue weighted by Gasteiger charge is 2.12. The molecule has 106 valence electrons. The van der Waals surface area contributed by atoms with Gasteiger partial charge in [-0.2, -0.15) is 5.10 Å². The van der Waals surface area contributed by atoms with Gasteiger partial charge in [0, 0.05) is 40.6 Å². The van der Waals surface area contributed by atoms with E-state index in [1.807, 2.05) is 36.9 Å². The van der Waals surface area contributed by atoms with Gasteiger partial charge in [0.15, 0.2) is 0 Å². The SMILES string of the molecule is Cc1nn(C)c(C)c1CNc1cccc(Br)c1C(N)=S. The number of hydrogen-bond acceptors (Lipinski definition) is 3. The van der Waals surface area contributed by atoms with Crippen LogP contribution < -0.4 is 11.1 Å². The standard InChI is InChI=1S/C14H17BrN4S/c1-8-10(9(2)19(3)18-8)7-17-12-6-4-5-11(15)13(12)14(16)20/h4-6,17H,7H2,1-3H3,(H2,16,20). The maximum atomic E-state index is 5.79. The van der Waals surface area contributed by atoms with Crippen molar-refractivity contribution in [3.8, 4) is 0 Å². The number of nitrogens with two attached hydrogens (primary N) is 1. The smallest absolute Gasteiger partial charge is 0.107 e.